The number of nitriles is 1. The minimum atomic E-state index is -0.501. The molecule has 2 aromatic carbocycles. The molecule has 1 saturated carbocycles. The van der Waals surface area contributed by atoms with Crippen LogP contribution in [0, 0.1) is 30.0 Å². The van der Waals surface area contributed by atoms with Gasteiger partial charge in [0, 0.05) is 58.5 Å². The van der Waals surface area contributed by atoms with E-state index in [1.165, 1.54) is 12.5 Å². The SMILES string of the molecule is Cc1nc2c(F)c(-c3cccc(Cl)c3Cl)c(CCC#N)cc2c2c1cc([C@@H](C)NC(=O)c1ccncn1)n2[C@H]1[C@H]2CN[C@@H]1C2. The van der Waals surface area contributed by atoms with Gasteiger partial charge in [0.1, 0.15) is 17.5 Å². The summed E-state index contributed by atoms with van der Waals surface area (Å²) >= 11 is 12.9. The van der Waals surface area contributed by atoms with Gasteiger partial charge in [-0.15, -0.1) is 0 Å². The van der Waals surface area contributed by atoms with E-state index in [1.807, 2.05) is 19.9 Å². The van der Waals surface area contributed by atoms with E-state index in [4.69, 9.17) is 28.2 Å². The van der Waals surface area contributed by atoms with Crippen LogP contribution in [0.1, 0.15) is 59.3 Å². The molecule has 1 aliphatic carbocycles. The molecule has 2 N–H and O–H groups in total. The van der Waals surface area contributed by atoms with Crippen molar-refractivity contribution in [2.45, 2.75) is 51.2 Å². The third-order valence-electron chi connectivity index (χ3n) is 9.04. The molecule has 0 radical (unpaired) electrons. The van der Waals surface area contributed by atoms with E-state index in [1.54, 1.807) is 24.3 Å². The fourth-order valence-electron chi connectivity index (χ4n) is 6.94. The van der Waals surface area contributed by atoms with Crippen molar-refractivity contribution in [1.82, 2.24) is 30.2 Å². The Morgan fingerprint density at radius 3 is 2.82 bits per heavy atom. The third kappa shape index (κ3) is 4.52. The molecule has 44 heavy (non-hydrogen) atoms. The lowest BCUT2D eigenvalue weighted by Gasteiger charge is -2.38. The van der Waals surface area contributed by atoms with Crippen molar-refractivity contribution in [2.75, 3.05) is 6.54 Å². The fourth-order valence-corrected chi connectivity index (χ4v) is 7.34. The highest BCUT2D eigenvalue weighted by atomic mass is 35.5. The topological polar surface area (TPSA) is 109 Å². The quantitative estimate of drug-likeness (QED) is 0.204. The van der Waals surface area contributed by atoms with E-state index in [0.29, 0.717) is 45.1 Å². The maximum Gasteiger partial charge on any atom is 0.270 e. The smallest absolute Gasteiger partial charge is 0.270 e. The Morgan fingerprint density at radius 1 is 1.27 bits per heavy atom. The van der Waals surface area contributed by atoms with Gasteiger partial charge in [0.05, 0.1) is 33.7 Å². The van der Waals surface area contributed by atoms with Crippen LogP contribution in [0.5, 0.6) is 0 Å². The van der Waals surface area contributed by atoms with Crippen molar-refractivity contribution in [2.24, 2.45) is 5.92 Å². The second kappa shape index (κ2) is 11.1. The largest absolute Gasteiger partial charge is 0.343 e. The van der Waals surface area contributed by atoms with E-state index < -0.39 is 5.82 Å². The van der Waals surface area contributed by atoms with Crippen molar-refractivity contribution in [3.05, 3.63) is 87.4 Å². The molecule has 11 heteroatoms. The van der Waals surface area contributed by atoms with Crippen molar-refractivity contribution in [3.8, 4) is 17.2 Å². The van der Waals surface area contributed by atoms with Crippen LogP contribution in [-0.4, -0.2) is 38.0 Å². The number of nitrogens with zero attached hydrogens (tertiary/aromatic N) is 5. The summed E-state index contributed by atoms with van der Waals surface area (Å²) in [5, 5.41) is 18.3. The Kier molecular flexibility index (Phi) is 7.24. The second-order valence-electron chi connectivity index (χ2n) is 11.6. The minimum absolute atomic E-state index is 0.138. The zero-order valence-corrected chi connectivity index (χ0v) is 25.5. The predicted octanol–water partition coefficient (Wildman–Crippen LogP) is 6.88. The van der Waals surface area contributed by atoms with Crippen LogP contribution in [-0.2, 0) is 6.42 Å². The first kappa shape index (κ1) is 28.7. The van der Waals surface area contributed by atoms with E-state index in [0.717, 1.165) is 29.6 Å². The molecule has 8 rings (SSSR count). The molecule has 0 spiro atoms. The molecule has 8 nitrogen and oxygen atoms in total. The summed E-state index contributed by atoms with van der Waals surface area (Å²) < 4.78 is 19.1. The van der Waals surface area contributed by atoms with Gasteiger partial charge in [0.25, 0.3) is 5.91 Å². The molecule has 2 aliphatic heterocycles. The van der Waals surface area contributed by atoms with Gasteiger partial charge >= 0.3 is 0 Å². The number of benzene rings is 2. The highest BCUT2D eigenvalue weighted by Crippen LogP contribution is 2.49. The lowest BCUT2D eigenvalue weighted by molar-refractivity contribution is 0.0931. The maximum absolute atomic E-state index is 16.8. The average molecular weight is 629 g/mol. The number of rotatable bonds is 7. The number of halogens is 3. The molecule has 2 saturated heterocycles. The summed E-state index contributed by atoms with van der Waals surface area (Å²) in [5.41, 5.74) is 4.38. The summed E-state index contributed by atoms with van der Waals surface area (Å²) in [6.45, 7) is 4.72. The monoisotopic (exact) mass is 627 g/mol. The van der Waals surface area contributed by atoms with Crippen LogP contribution in [0.3, 0.4) is 0 Å². The molecule has 0 unspecified atom stereocenters. The molecule has 4 atom stereocenters. The predicted molar refractivity (Wildman–Crippen MR) is 168 cm³/mol. The van der Waals surface area contributed by atoms with Gasteiger partial charge in [-0.2, -0.15) is 5.26 Å². The maximum atomic E-state index is 16.8. The number of carbonyl (C=O) groups excluding carboxylic acids is 1. The van der Waals surface area contributed by atoms with Crippen molar-refractivity contribution >= 4 is 50.9 Å². The summed E-state index contributed by atoms with van der Waals surface area (Å²) in [6, 6.07) is 12.9. The van der Waals surface area contributed by atoms with Crippen LogP contribution in [0.4, 0.5) is 4.39 Å². The summed E-state index contributed by atoms with van der Waals surface area (Å²) in [4.78, 5) is 25.9. The molecule has 222 valence electrons. The van der Waals surface area contributed by atoms with Gasteiger partial charge in [-0.1, -0.05) is 35.3 Å². The minimum Gasteiger partial charge on any atom is -0.343 e. The first-order chi connectivity index (χ1) is 21.3. The normalized spacial score (nSPS) is 19.6. The number of hydrogen-bond acceptors (Lipinski definition) is 6. The zero-order chi connectivity index (χ0) is 30.7. The van der Waals surface area contributed by atoms with Gasteiger partial charge in [-0.25, -0.2) is 19.3 Å². The Bertz CT molecular complexity index is 1990. The highest BCUT2D eigenvalue weighted by Gasteiger charge is 2.49. The van der Waals surface area contributed by atoms with E-state index in [2.05, 4.69) is 37.3 Å². The first-order valence-corrected chi connectivity index (χ1v) is 15.3. The molecule has 3 aliphatic rings. The van der Waals surface area contributed by atoms with E-state index in [-0.39, 0.29) is 46.7 Å². The molecule has 3 aromatic heterocycles. The molecule has 5 aromatic rings. The Labute approximate surface area is 263 Å². The molecule has 1 amide bonds. The number of amides is 1. The first-order valence-electron chi connectivity index (χ1n) is 14.6. The third-order valence-corrected chi connectivity index (χ3v) is 9.86. The van der Waals surface area contributed by atoms with Crippen LogP contribution < -0.4 is 10.6 Å². The zero-order valence-electron chi connectivity index (χ0n) is 24.0. The number of carbonyl (C=O) groups is 1. The lowest BCUT2D eigenvalue weighted by Crippen LogP contribution is -2.40. The van der Waals surface area contributed by atoms with Crippen molar-refractivity contribution in [1.29, 1.82) is 5.26 Å². The lowest BCUT2D eigenvalue weighted by atomic mass is 9.79. The molecular weight excluding hydrogens is 600 g/mol. The van der Waals surface area contributed by atoms with Gasteiger partial charge in [-0.05, 0) is 62.4 Å². The number of aromatic nitrogens is 4. The average Bonchev–Trinajstić information content (AvgIpc) is 3.76. The standard InChI is InChI=1S/C33H28Cl2FN7O/c1-16-21-13-26(17(2)42-33(44)24-8-10-38-15-40-24)43(31-19-12-25(31)39-14-19)32(21)22-11-18(5-4-9-37)27(29(36)30(22)41-16)20-6-3-7-23(34)28(20)35/h3,6-8,10-11,13,15,17,19,25,31,39H,4-5,12,14H2,1-2H3,(H,42,44)/t17-,19-,25-,31+/m1/s1. The van der Waals surface area contributed by atoms with Crippen molar-refractivity contribution < 1.29 is 9.18 Å². The van der Waals surface area contributed by atoms with E-state index in [9.17, 15) is 10.1 Å². The van der Waals surface area contributed by atoms with Crippen LogP contribution in [0.2, 0.25) is 10.0 Å². The molecule has 3 fully saturated rings. The number of fused-ring (bicyclic) bond motifs is 4. The molecular formula is C33H28Cl2FN7O. The molecule has 5 heterocycles. The van der Waals surface area contributed by atoms with E-state index >= 15 is 4.39 Å². The van der Waals surface area contributed by atoms with Crippen molar-refractivity contribution in [3.63, 3.8) is 0 Å². The van der Waals surface area contributed by atoms with Gasteiger partial charge in [0.2, 0.25) is 0 Å². The highest BCUT2D eigenvalue weighted by molar-refractivity contribution is 6.43. The molecule has 2 bridgehead atoms. The number of pyridine rings is 1. The second-order valence-corrected chi connectivity index (χ2v) is 12.4. The van der Waals surface area contributed by atoms with Gasteiger partial charge < -0.3 is 15.2 Å². The summed E-state index contributed by atoms with van der Waals surface area (Å²) in [5.74, 6) is -0.396. The Morgan fingerprint density at radius 2 is 2.11 bits per heavy atom. The Balaban J connectivity index is 1.48. The Hall–Kier alpha value is -4.10. The van der Waals surface area contributed by atoms with Gasteiger partial charge in [-0.3, -0.25) is 4.79 Å². The number of nitrogens with one attached hydrogen (secondary N) is 2. The van der Waals surface area contributed by atoms with Gasteiger partial charge in [0.15, 0.2) is 5.82 Å². The van der Waals surface area contributed by atoms with Crippen LogP contribution >= 0.6 is 23.2 Å². The van der Waals surface area contributed by atoms with Crippen LogP contribution in [0.25, 0.3) is 32.9 Å². The van der Waals surface area contributed by atoms with Crippen LogP contribution in [0.15, 0.2) is 48.9 Å². The number of aryl methyl sites for hydroxylation is 2. The fraction of sp³-hybridized carbons (Fsp3) is 0.303. The summed E-state index contributed by atoms with van der Waals surface area (Å²) in [6.07, 6.45) is 4.47. The summed E-state index contributed by atoms with van der Waals surface area (Å²) in [7, 11) is 0. The number of hydrogen-bond donors (Lipinski definition) is 2.